The van der Waals surface area contributed by atoms with Crippen LogP contribution in [0.15, 0.2) is 18.2 Å². The quantitative estimate of drug-likeness (QED) is 0.609. The molecule has 0 spiro atoms. The van der Waals surface area contributed by atoms with Gasteiger partial charge in [0.05, 0.1) is 25.9 Å². The zero-order valence-electron chi connectivity index (χ0n) is 11.2. The van der Waals surface area contributed by atoms with Crippen LogP contribution in [-0.2, 0) is 16.1 Å². The standard InChI is InChI=1S/C14H21NO2S/c1-10(2)17-7-6-16-9-13-5-4-12(14(15)18)8-11(13)3/h4-5,8,10H,6-7,9H2,1-3H3,(H2,15,18). The highest BCUT2D eigenvalue weighted by atomic mass is 32.1. The Bertz CT molecular complexity index is 405. The number of hydrogen-bond acceptors (Lipinski definition) is 3. The molecular formula is C14H21NO2S. The van der Waals surface area contributed by atoms with Crippen LogP contribution in [0.1, 0.15) is 30.5 Å². The van der Waals surface area contributed by atoms with Crippen molar-refractivity contribution in [1.82, 2.24) is 0 Å². The highest BCUT2D eigenvalue weighted by Crippen LogP contribution is 2.12. The normalized spacial score (nSPS) is 10.9. The van der Waals surface area contributed by atoms with E-state index in [2.05, 4.69) is 0 Å². The first-order chi connectivity index (χ1) is 8.50. The molecule has 1 aromatic rings. The molecule has 0 saturated carbocycles. The van der Waals surface area contributed by atoms with E-state index in [0.29, 0.717) is 24.8 Å². The van der Waals surface area contributed by atoms with Gasteiger partial charge in [-0.05, 0) is 38.0 Å². The third-order valence-electron chi connectivity index (χ3n) is 2.56. The molecule has 2 N–H and O–H groups in total. The number of benzene rings is 1. The summed E-state index contributed by atoms with van der Waals surface area (Å²) in [6.07, 6.45) is 0.250. The lowest BCUT2D eigenvalue weighted by Crippen LogP contribution is -2.11. The summed E-state index contributed by atoms with van der Waals surface area (Å²) >= 11 is 4.94. The van der Waals surface area contributed by atoms with E-state index in [1.54, 1.807) is 0 Å². The van der Waals surface area contributed by atoms with Crippen molar-refractivity contribution < 1.29 is 9.47 Å². The zero-order chi connectivity index (χ0) is 13.5. The zero-order valence-corrected chi connectivity index (χ0v) is 12.0. The van der Waals surface area contributed by atoms with Crippen molar-refractivity contribution in [3.05, 3.63) is 34.9 Å². The van der Waals surface area contributed by atoms with Gasteiger partial charge in [0, 0.05) is 5.56 Å². The molecule has 3 nitrogen and oxygen atoms in total. The summed E-state index contributed by atoms with van der Waals surface area (Å²) in [5.74, 6) is 0. The fraction of sp³-hybridized carbons (Fsp3) is 0.500. The maximum Gasteiger partial charge on any atom is 0.103 e. The Morgan fingerprint density at radius 2 is 2.06 bits per heavy atom. The predicted molar refractivity (Wildman–Crippen MR) is 77.8 cm³/mol. The second-order valence-electron chi connectivity index (χ2n) is 4.48. The number of nitrogens with two attached hydrogens (primary N) is 1. The number of aryl methyl sites for hydroxylation is 1. The maximum atomic E-state index is 5.58. The van der Waals surface area contributed by atoms with E-state index < -0.39 is 0 Å². The molecule has 0 heterocycles. The Morgan fingerprint density at radius 1 is 1.33 bits per heavy atom. The molecule has 0 atom stereocenters. The smallest absolute Gasteiger partial charge is 0.103 e. The van der Waals surface area contributed by atoms with Gasteiger partial charge in [-0.15, -0.1) is 0 Å². The number of ether oxygens (including phenoxy) is 2. The van der Waals surface area contributed by atoms with Gasteiger partial charge in [0.2, 0.25) is 0 Å². The van der Waals surface area contributed by atoms with Crippen LogP contribution in [0, 0.1) is 6.92 Å². The Balaban J connectivity index is 2.41. The molecule has 0 saturated heterocycles. The molecule has 0 aliphatic heterocycles. The van der Waals surface area contributed by atoms with Crippen molar-refractivity contribution in [3.63, 3.8) is 0 Å². The minimum atomic E-state index is 0.250. The van der Waals surface area contributed by atoms with Crippen molar-refractivity contribution in [1.29, 1.82) is 0 Å². The molecule has 0 fully saturated rings. The van der Waals surface area contributed by atoms with Gasteiger partial charge in [-0.2, -0.15) is 0 Å². The van der Waals surface area contributed by atoms with Crippen molar-refractivity contribution >= 4 is 17.2 Å². The first kappa shape index (κ1) is 15.1. The first-order valence-electron chi connectivity index (χ1n) is 6.09. The molecule has 18 heavy (non-hydrogen) atoms. The van der Waals surface area contributed by atoms with Gasteiger partial charge >= 0.3 is 0 Å². The molecule has 0 unspecified atom stereocenters. The number of hydrogen-bond donors (Lipinski definition) is 1. The maximum absolute atomic E-state index is 5.58. The summed E-state index contributed by atoms with van der Waals surface area (Å²) in [6.45, 7) is 7.88. The molecule has 1 rings (SSSR count). The summed E-state index contributed by atoms with van der Waals surface area (Å²) in [5, 5.41) is 0. The summed E-state index contributed by atoms with van der Waals surface area (Å²) in [5.41, 5.74) is 8.78. The molecular weight excluding hydrogens is 246 g/mol. The van der Waals surface area contributed by atoms with Gasteiger partial charge in [0.25, 0.3) is 0 Å². The number of rotatable bonds is 7. The Kier molecular flexibility index (Phi) is 6.25. The summed E-state index contributed by atoms with van der Waals surface area (Å²) in [7, 11) is 0. The van der Waals surface area contributed by atoms with Crippen LogP contribution in [0.3, 0.4) is 0 Å². The topological polar surface area (TPSA) is 44.5 Å². The van der Waals surface area contributed by atoms with Gasteiger partial charge in [0.1, 0.15) is 4.99 Å². The van der Waals surface area contributed by atoms with Crippen molar-refractivity contribution in [2.45, 2.75) is 33.5 Å². The van der Waals surface area contributed by atoms with Crippen LogP contribution >= 0.6 is 12.2 Å². The lowest BCUT2D eigenvalue weighted by molar-refractivity contribution is 0.0142. The molecule has 0 radical (unpaired) electrons. The van der Waals surface area contributed by atoms with E-state index in [1.807, 2.05) is 39.0 Å². The van der Waals surface area contributed by atoms with Crippen LogP contribution in [0.2, 0.25) is 0 Å². The van der Waals surface area contributed by atoms with Crippen LogP contribution < -0.4 is 5.73 Å². The monoisotopic (exact) mass is 267 g/mol. The molecule has 0 aliphatic carbocycles. The van der Waals surface area contributed by atoms with Crippen LogP contribution in [0.5, 0.6) is 0 Å². The fourth-order valence-electron chi connectivity index (χ4n) is 1.54. The molecule has 4 heteroatoms. The van der Waals surface area contributed by atoms with Crippen LogP contribution in [-0.4, -0.2) is 24.3 Å². The molecule has 0 bridgehead atoms. The van der Waals surface area contributed by atoms with E-state index in [1.165, 1.54) is 0 Å². The van der Waals surface area contributed by atoms with Gasteiger partial charge < -0.3 is 15.2 Å². The molecule has 0 amide bonds. The Labute approximate surface area is 114 Å². The van der Waals surface area contributed by atoms with E-state index in [-0.39, 0.29) is 6.10 Å². The van der Waals surface area contributed by atoms with Gasteiger partial charge in [-0.3, -0.25) is 0 Å². The van der Waals surface area contributed by atoms with Crippen molar-refractivity contribution in [2.24, 2.45) is 5.73 Å². The largest absolute Gasteiger partial charge is 0.389 e. The third kappa shape index (κ3) is 5.12. The average molecular weight is 267 g/mol. The summed E-state index contributed by atoms with van der Waals surface area (Å²) in [4.78, 5) is 0.427. The van der Waals surface area contributed by atoms with Gasteiger partial charge in [-0.25, -0.2) is 0 Å². The van der Waals surface area contributed by atoms with Gasteiger partial charge in [0.15, 0.2) is 0 Å². The lowest BCUT2D eigenvalue weighted by Gasteiger charge is -2.10. The average Bonchev–Trinajstić information content (AvgIpc) is 2.29. The van der Waals surface area contributed by atoms with E-state index in [4.69, 9.17) is 27.4 Å². The van der Waals surface area contributed by atoms with Gasteiger partial charge in [-0.1, -0.05) is 24.4 Å². The predicted octanol–water partition coefficient (Wildman–Crippen LogP) is 2.57. The van der Waals surface area contributed by atoms with Crippen molar-refractivity contribution in [3.8, 4) is 0 Å². The van der Waals surface area contributed by atoms with E-state index in [9.17, 15) is 0 Å². The second-order valence-corrected chi connectivity index (χ2v) is 4.92. The third-order valence-corrected chi connectivity index (χ3v) is 2.80. The molecule has 1 aromatic carbocycles. The first-order valence-corrected chi connectivity index (χ1v) is 6.50. The highest BCUT2D eigenvalue weighted by Gasteiger charge is 2.02. The SMILES string of the molecule is Cc1cc(C(N)=S)ccc1COCCOC(C)C. The summed E-state index contributed by atoms with van der Waals surface area (Å²) < 4.78 is 11.0. The van der Waals surface area contributed by atoms with Crippen LogP contribution in [0.4, 0.5) is 0 Å². The molecule has 100 valence electrons. The molecule has 0 aromatic heterocycles. The Hall–Kier alpha value is -0.970. The second kappa shape index (κ2) is 7.46. The Morgan fingerprint density at radius 3 is 2.61 bits per heavy atom. The van der Waals surface area contributed by atoms with Crippen molar-refractivity contribution in [2.75, 3.05) is 13.2 Å². The summed E-state index contributed by atoms with van der Waals surface area (Å²) in [6, 6.07) is 5.93. The van der Waals surface area contributed by atoms with E-state index >= 15 is 0 Å². The molecule has 0 aliphatic rings. The van der Waals surface area contributed by atoms with Crippen LogP contribution in [0.25, 0.3) is 0 Å². The minimum Gasteiger partial charge on any atom is -0.389 e. The minimum absolute atomic E-state index is 0.250. The van der Waals surface area contributed by atoms with E-state index in [0.717, 1.165) is 16.7 Å². The number of thiocarbonyl (C=S) groups is 1. The fourth-order valence-corrected chi connectivity index (χ4v) is 1.66. The highest BCUT2D eigenvalue weighted by molar-refractivity contribution is 7.80. The lowest BCUT2D eigenvalue weighted by atomic mass is 10.1.